The maximum absolute atomic E-state index is 13.5. The summed E-state index contributed by atoms with van der Waals surface area (Å²) in [5.41, 5.74) is 1.44. The zero-order chi connectivity index (χ0) is 21.8. The van der Waals surface area contributed by atoms with E-state index in [9.17, 15) is 9.59 Å². The number of amides is 1. The monoisotopic (exact) mass is 438 g/mol. The second-order valence-corrected chi connectivity index (χ2v) is 8.56. The molecule has 0 bridgehead atoms. The van der Waals surface area contributed by atoms with Gasteiger partial charge in [0.1, 0.15) is 11.4 Å². The molecule has 1 aromatic heterocycles. The molecule has 1 N–H and O–H groups in total. The average Bonchev–Trinajstić information content (AvgIpc) is 3.17. The maximum atomic E-state index is 13.5. The van der Waals surface area contributed by atoms with Crippen LogP contribution in [0, 0.1) is 5.92 Å². The van der Waals surface area contributed by atoms with E-state index < -0.39 is 0 Å². The topological polar surface area (TPSA) is 71.6 Å². The van der Waals surface area contributed by atoms with Crippen LogP contribution in [0.1, 0.15) is 30.3 Å². The Morgan fingerprint density at radius 1 is 1.13 bits per heavy atom. The largest absolute Gasteiger partial charge is 0.497 e. The highest BCUT2D eigenvalue weighted by molar-refractivity contribution is 7.99. The highest BCUT2D eigenvalue weighted by Crippen LogP contribution is 2.38. The lowest BCUT2D eigenvalue weighted by molar-refractivity contribution is -0.149. The Morgan fingerprint density at radius 2 is 1.87 bits per heavy atom. The van der Waals surface area contributed by atoms with Crippen molar-refractivity contribution in [2.75, 3.05) is 26.8 Å². The number of nitrogens with one attached hydrogen (secondary N) is 1. The molecule has 6 nitrogen and oxygen atoms in total. The van der Waals surface area contributed by atoms with Crippen LogP contribution < -0.4 is 4.74 Å². The Hall–Kier alpha value is -2.93. The summed E-state index contributed by atoms with van der Waals surface area (Å²) < 4.78 is 10.5. The molecular weight excluding hydrogens is 412 g/mol. The number of esters is 1. The summed E-state index contributed by atoms with van der Waals surface area (Å²) in [4.78, 5) is 32.6. The lowest BCUT2D eigenvalue weighted by atomic mass is 9.97. The first-order valence-corrected chi connectivity index (χ1v) is 11.3. The summed E-state index contributed by atoms with van der Waals surface area (Å²) in [6, 6.07) is 15.8. The molecule has 1 amide bonds. The first-order chi connectivity index (χ1) is 15.1. The standard InChI is InChI=1S/C24H26N2O4S/c1-3-30-24(28)16-11-13-26(14-12-16)23(27)21-22(31-18-7-5-4-6-8-18)19-10-9-17(29-2)15-20(19)25-21/h4-10,15-16,25H,3,11-14H2,1-2H3. The minimum atomic E-state index is -0.160. The van der Waals surface area contributed by atoms with Crippen LogP contribution in [0.2, 0.25) is 0 Å². The van der Waals surface area contributed by atoms with Crippen molar-refractivity contribution in [1.29, 1.82) is 0 Å². The van der Waals surface area contributed by atoms with Gasteiger partial charge >= 0.3 is 5.97 Å². The van der Waals surface area contributed by atoms with Crippen LogP contribution in [0.4, 0.5) is 0 Å². The highest BCUT2D eigenvalue weighted by atomic mass is 32.2. The van der Waals surface area contributed by atoms with E-state index in [2.05, 4.69) is 4.98 Å². The normalized spacial score (nSPS) is 14.6. The second-order valence-electron chi connectivity index (χ2n) is 7.47. The van der Waals surface area contributed by atoms with E-state index in [0.29, 0.717) is 38.2 Å². The van der Waals surface area contributed by atoms with E-state index in [1.165, 1.54) is 0 Å². The minimum Gasteiger partial charge on any atom is -0.497 e. The third-order valence-electron chi connectivity index (χ3n) is 5.54. The van der Waals surface area contributed by atoms with Gasteiger partial charge in [-0.2, -0.15) is 0 Å². The molecule has 0 atom stereocenters. The van der Waals surface area contributed by atoms with Gasteiger partial charge in [0, 0.05) is 29.4 Å². The van der Waals surface area contributed by atoms with Crippen LogP contribution in [0.5, 0.6) is 5.75 Å². The fraction of sp³-hybridized carbons (Fsp3) is 0.333. The highest BCUT2D eigenvalue weighted by Gasteiger charge is 2.31. The minimum absolute atomic E-state index is 0.0455. The summed E-state index contributed by atoms with van der Waals surface area (Å²) in [5, 5.41) is 0.986. The maximum Gasteiger partial charge on any atom is 0.309 e. The van der Waals surface area contributed by atoms with Gasteiger partial charge < -0.3 is 19.4 Å². The van der Waals surface area contributed by atoms with E-state index in [-0.39, 0.29) is 17.8 Å². The molecule has 3 aromatic rings. The molecular formula is C24H26N2O4S. The molecule has 0 radical (unpaired) electrons. The molecule has 1 aliphatic heterocycles. The number of ether oxygens (including phenoxy) is 2. The van der Waals surface area contributed by atoms with E-state index in [4.69, 9.17) is 9.47 Å². The van der Waals surface area contributed by atoms with Crippen molar-refractivity contribution >= 4 is 34.5 Å². The number of benzene rings is 2. The van der Waals surface area contributed by atoms with Crippen LogP contribution in [-0.2, 0) is 9.53 Å². The van der Waals surface area contributed by atoms with E-state index in [1.807, 2.05) is 60.4 Å². The lowest BCUT2D eigenvalue weighted by Crippen LogP contribution is -2.41. The number of likely N-dealkylation sites (tertiary alicyclic amines) is 1. The number of fused-ring (bicyclic) bond motifs is 1. The molecule has 4 rings (SSSR count). The number of hydrogen-bond acceptors (Lipinski definition) is 5. The number of rotatable bonds is 6. The number of aromatic nitrogens is 1. The summed E-state index contributed by atoms with van der Waals surface area (Å²) in [7, 11) is 1.63. The molecule has 1 fully saturated rings. The van der Waals surface area contributed by atoms with Gasteiger partial charge in [0.05, 0.1) is 30.0 Å². The van der Waals surface area contributed by atoms with Gasteiger partial charge in [0.25, 0.3) is 5.91 Å². The molecule has 0 aliphatic carbocycles. The number of hydrogen-bond donors (Lipinski definition) is 1. The average molecular weight is 439 g/mol. The van der Waals surface area contributed by atoms with Crippen molar-refractivity contribution in [3.05, 3.63) is 54.2 Å². The van der Waals surface area contributed by atoms with E-state index >= 15 is 0 Å². The number of carbonyl (C=O) groups is 2. The van der Waals surface area contributed by atoms with Crippen molar-refractivity contribution in [2.24, 2.45) is 5.92 Å². The van der Waals surface area contributed by atoms with Crippen molar-refractivity contribution < 1.29 is 19.1 Å². The SMILES string of the molecule is CCOC(=O)C1CCN(C(=O)c2[nH]c3cc(OC)ccc3c2Sc2ccccc2)CC1. The fourth-order valence-corrected chi connectivity index (χ4v) is 4.93. The Labute approximate surface area is 185 Å². The van der Waals surface area contributed by atoms with E-state index in [0.717, 1.165) is 26.4 Å². The van der Waals surface area contributed by atoms with Crippen molar-refractivity contribution in [2.45, 2.75) is 29.6 Å². The zero-order valence-corrected chi connectivity index (χ0v) is 18.5. The molecule has 1 aliphatic rings. The fourth-order valence-electron chi connectivity index (χ4n) is 3.88. The molecule has 0 spiro atoms. The third-order valence-corrected chi connectivity index (χ3v) is 6.67. The van der Waals surface area contributed by atoms with Gasteiger partial charge in [-0.05, 0) is 44.0 Å². The Bertz CT molecular complexity index is 1070. The molecule has 0 saturated carbocycles. The van der Waals surface area contributed by atoms with Gasteiger partial charge in [0.15, 0.2) is 0 Å². The summed E-state index contributed by atoms with van der Waals surface area (Å²) in [6.45, 7) is 3.27. The molecule has 31 heavy (non-hydrogen) atoms. The van der Waals surface area contributed by atoms with Crippen LogP contribution in [0.25, 0.3) is 10.9 Å². The molecule has 7 heteroatoms. The Kier molecular flexibility index (Phi) is 6.51. The molecule has 2 aromatic carbocycles. The lowest BCUT2D eigenvalue weighted by Gasteiger charge is -2.30. The van der Waals surface area contributed by atoms with Gasteiger partial charge in [-0.25, -0.2) is 0 Å². The Balaban J connectivity index is 1.62. The van der Waals surface area contributed by atoms with Crippen molar-refractivity contribution in [3.63, 3.8) is 0 Å². The van der Waals surface area contributed by atoms with Crippen molar-refractivity contribution in [3.8, 4) is 5.75 Å². The summed E-state index contributed by atoms with van der Waals surface area (Å²) in [6.07, 6.45) is 1.25. The number of methoxy groups -OCH3 is 1. The first-order valence-electron chi connectivity index (χ1n) is 10.5. The van der Waals surface area contributed by atoms with Gasteiger partial charge in [0.2, 0.25) is 0 Å². The number of aromatic amines is 1. The number of carbonyl (C=O) groups excluding carboxylic acids is 2. The number of H-pyrrole nitrogens is 1. The van der Waals surface area contributed by atoms with Gasteiger partial charge in [-0.1, -0.05) is 30.0 Å². The molecule has 1 saturated heterocycles. The molecule has 162 valence electrons. The number of piperidine rings is 1. The van der Waals surface area contributed by atoms with E-state index in [1.54, 1.807) is 18.9 Å². The van der Waals surface area contributed by atoms with Crippen LogP contribution in [0.3, 0.4) is 0 Å². The third kappa shape index (κ3) is 4.56. The quantitative estimate of drug-likeness (QED) is 0.563. The zero-order valence-electron chi connectivity index (χ0n) is 17.7. The predicted octanol–water partition coefficient (Wildman–Crippen LogP) is 4.74. The van der Waals surface area contributed by atoms with Crippen LogP contribution in [-0.4, -0.2) is 48.6 Å². The molecule has 2 heterocycles. The summed E-state index contributed by atoms with van der Waals surface area (Å²) >= 11 is 1.57. The second kappa shape index (κ2) is 9.47. The predicted molar refractivity (Wildman–Crippen MR) is 121 cm³/mol. The van der Waals surface area contributed by atoms with Gasteiger partial charge in [-0.3, -0.25) is 9.59 Å². The first kappa shape index (κ1) is 21.3. The van der Waals surface area contributed by atoms with Gasteiger partial charge in [-0.15, -0.1) is 0 Å². The Morgan fingerprint density at radius 3 is 2.55 bits per heavy atom. The van der Waals surface area contributed by atoms with Crippen LogP contribution >= 0.6 is 11.8 Å². The van der Waals surface area contributed by atoms with Crippen LogP contribution in [0.15, 0.2) is 58.3 Å². The number of nitrogens with zero attached hydrogens (tertiary/aromatic N) is 1. The van der Waals surface area contributed by atoms with Crippen molar-refractivity contribution in [1.82, 2.24) is 9.88 Å². The molecule has 0 unspecified atom stereocenters. The smallest absolute Gasteiger partial charge is 0.309 e. The summed E-state index contributed by atoms with van der Waals surface area (Å²) in [5.74, 6) is 0.400.